The summed E-state index contributed by atoms with van der Waals surface area (Å²) in [6.45, 7) is 3.48. The van der Waals surface area contributed by atoms with E-state index in [1.165, 1.54) is 25.3 Å². The number of nitriles is 1. The van der Waals surface area contributed by atoms with Crippen molar-refractivity contribution >= 4 is 33.9 Å². The molecule has 0 aliphatic carbocycles. The Morgan fingerprint density at radius 3 is 2.68 bits per heavy atom. The van der Waals surface area contributed by atoms with Gasteiger partial charge >= 0.3 is 6.36 Å². The molecular formula is C21H17F3N4O3. The minimum atomic E-state index is -4.83. The van der Waals surface area contributed by atoms with Crippen LogP contribution in [0, 0.1) is 11.3 Å². The van der Waals surface area contributed by atoms with Crippen molar-refractivity contribution in [3.05, 3.63) is 48.2 Å². The van der Waals surface area contributed by atoms with Gasteiger partial charge in [0.1, 0.15) is 17.6 Å². The van der Waals surface area contributed by atoms with Gasteiger partial charge in [-0.25, -0.2) is 0 Å². The molecule has 0 saturated heterocycles. The van der Waals surface area contributed by atoms with Gasteiger partial charge in [0.2, 0.25) is 5.91 Å². The van der Waals surface area contributed by atoms with Gasteiger partial charge in [-0.3, -0.25) is 9.78 Å². The van der Waals surface area contributed by atoms with Crippen LogP contribution in [0.5, 0.6) is 11.5 Å². The molecule has 2 aromatic carbocycles. The lowest BCUT2D eigenvalue weighted by Gasteiger charge is -2.16. The number of carbonyl (C=O) groups is 1. The minimum Gasteiger partial charge on any atom is -0.492 e. The molecule has 0 saturated carbocycles. The third kappa shape index (κ3) is 5.33. The van der Waals surface area contributed by atoms with E-state index in [1.807, 2.05) is 6.07 Å². The van der Waals surface area contributed by atoms with Crippen LogP contribution in [0.3, 0.4) is 0 Å². The molecule has 0 atom stereocenters. The van der Waals surface area contributed by atoms with Crippen molar-refractivity contribution in [3.63, 3.8) is 0 Å². The topological polar surface area (TPSA) is 96.3 Å². The van der Waals surface area contributed by atoms with Gasteiger partial charge in [0.25, 0.3) is 0 Å². The van der Waals surface area contributed by atoms with E-state index in [0.717, 1.165) is 12.1 Å². The monoisotopic (exact) mass is 430 g/mol. The van der Waals surface area contributed by atoms with Crippen LogP contribution in [0.2, 0.25) is 0 Å². The Balaban J connectivity index is 2.11. The van der Waals surface area contributed by atoms with Crippen LogP contribution in [0.15, 0.2) is 42.6 Å². The lowest BCUT2D eigenvalue weighted by atomic mass is 10.1. The summed E-state index contributed by atoms with van der Waals surface area (Å²) in [7, 11) is 0. The van der Waals surface area contributed by atoms with E-state index in [0.29, 0.717) is 34.6 Å². The van der Waals surface area contributed by atoms with Crippen LogP contribution >= 0.6 is 0 Å². The van der Waals surface area contributed by atoms with Crippen molar-refractivity contribution in [2.45, 2.75) is 20.2 Å². The standard InChI is InChI=1S/C21H17F3N4O3/c1-3-30-19-9-17-16(8-18(19)27-12(2)29)20(13(10-25)11-26-17)28-14-5-4-6-15(7-14)31-21(22,23)24/h4-9,11H,3H2,1-2H3,(H,26,28)(H,27,29). The fraction of sp³-hybridized carbons (Fsp3) is 0.190. The lowest BCUT2D eigenvalue weighted by molar-refractivity contribution is -0.274. The molecule has 0 aliphatic heterocycles. The Kier molecular flexibility index (Phi) is 6.15. The average Bonchev–Trinajstić information content (AvgIpc) is 2.68. The molecule has 1 aromatic heterocycles. The van der Waals surface area contributed by atoms with Crippen LogP contribution in [0.4, 0.5) is 30.2 Å². The second-order valence-corrected chi connectivity index (χ2v) is 6.34. The molecule has 0 fully saturated rings. The van der Waals surface area contributed by atoms with E-state index >= 15 is 0 Å². The number of carbonyl (C=O) groups excluding carboxylic acids is 1. The van der Waals surface area contributed by atoms with Gasteiger partial charge in [0, 0.05) is 36.3 Å². The lowest BCUT2D eigenvalue weighted by Crippen LogP contribution is -2.17. The maximum Gasteiger partial charge on any atom is 0.573 e. The Morgan fingerprint density at radius 2 is 2.03 bits per heavy atom. The number of ether oxygens (including phenoxy) is 2. The summed E-state index contributed by atoms with van der Waals surface area (Å²) in [6, 6.07) is 10.4. The van der Waals surface area contributed by atoms with Crippen LogP contribution in [0.1, 0.15) is 19.4 Å². The number of rotatable bonds is 6. The fourth-order valence-electron chi connectivity index (χ4n) is 2.92. The number of benzene rings is 2. The summed E-state index contributed by atoms with van der Waals surface area (Å²) in [4.78, 5) is 15.9. The molecule has 1 heterocycles. The van der Waals surface area contributed by atoms with Crippen molar-refractivity contribution in [2.75, 3.05) is 17.2 Å². The number of hydrogen-bond acceptors (Lipinski definition) is 6. The normalized spacial score (nSPS) is 11.0. The number of amides is 1. The predicted octanol–water partition coefficient (Wildman–Crippen LogP) is 5.11. The number of alkyl halides is 3. The SMILES string of the molecule is CCOc1cc2ncc(C#N)c(Nc3cccc(OC(F)(F)F)c3)c2cc1NC(C)=O. The Labute approximate surface area is 175 Å². The number of aromatic nitrogens is 1. The maximum absolute atomic E-state index is 12.5. The quantitative estimate of drug-likeness (QED) is 0.565. The second kappa shape index (κ2) is 8.79. The van der Waals surface area contributed by atoms with E-state index in [9.17, 15) is 23.2 Å². The molecule has 3 rings (SSSR count). The highest BCUT2D eigenvalue weighted by Crippen LogP contribution is 2.36. The van der Waals surface area contributed by atoms with E-state index in [1.54, 1.807) is 19.1 Å². The Hall–Kier alpha value is -4.00. The number of nitrogens with one attached hydrogen (secondary N) is 2. The third-order valence-corrected chi connectivity index (χ3v) is 4.04. The van der Waals surface area contributed by atoms with Crippen molar-refractivity contribution in [1.82, 2.24) is 4.98 Å². The van der Waals surface area contributed by atoms with Gasteiger partial charge in [0.05, 0.1) is 29.1 Å². The number of fused-ring (bicyclic) bond motifs is 1. The van der Waals surface area contributed by atoms with Crippen LogP contribution in [0.25, 0.3) is 10.9 Å². The van der Waals surface area contributed by atoms with Crippen LogP contribution in [-0.2, 0) is 4.79 Å². The molecule has 0 aliphatic rings. The number of halogens is 3. The third-order valence-electron chi connectivity index (χ3n) is 4.04. The molecule has 3 aromatic rings. The predicted molar refractivity (Wildman–Crippen MR) is 108 cm³/mol. The van der Waals surface area contributed by atoms with Crippen molar-refractivity contribution in [1.29, 1.82) is 5.26 Å². The highest BCUT2D eigenvalue weighted by Gasteiger charge is 2.31. The number of nitrogens with zero attached hydrogens (tertiary/aromatic N) is 2. The summed E-state index contributed by atoms with van der Waals surface area (Å²) in [5, 5.41) is 15.6. The molecule has 0 unspecified atom stereocenters. The molecule has 2 N–H and O–H groups in total. The van der Waals surface area contributed by atoms with Crippen molar-refractivity contribution in [2.24, 2.45) is 0 Å². The average molecular weight is 430 g/mol. The first kappa shape index (κ1) is 21.7. The van der Waals surface area contributed by atoms with Gasteiger partial charge < -0.3 is 20.1 Å². The minimum absolute atomic E-state index is 0.160. The molecule has 0 spiro atoms. The van der Waals surface area contributed by atoms with Gasteiger partial charge in [-0.2, -0.15) is 5.26 Å². The first-order valence-corrected chi connectivity index (χ1v) is 9.10. The summed E-state index contributed by atoms with van der Waals surface area (Å²) in [6.07, 6.45) is -3.49. The molecule has 31 heavy (non-hydrogen) atoms. The molecular weight excluding hydrogens is 413 g/mol. The summed E-state index contributed by atoms with van der Waals surface area (Å²) in [5.41, 5.74) is 1.57. The molecule has 10 heteroatoms. The molecule has 0 radical (unpaired) electrons. The van der Waals surface area contributed by atoms with Gasteiger partial charge in [-0.05, 0) is 25.1 Å². The Morgan fingerprint density at radius 1 is 1.26 bits per heavy atom. The van der Waals surface area contributed by atoms with Gasteiger partial charge in [0.15, 0.2) is 0 Å². The largest absolute Gasteiger partial charge is 0.573 e. The zero-order valence-corrected chi connectivity index (χ0v) is 16.5. The molecule has 160 valence electrons. The zero-order chi connectivity index (χ0) is 22.6. The maximum atomic E-state index is 12.5. The van der Waals surface area contributed by atoms with Gasteiger partial charge in [-0.15, -0.1) is 13.2 Å². The van der Waals surface area contributed by atoms with Crippen LogP contribution in [-0.4, -0.2) is 23.9 Å². The molecule has 0 bridgehead atoms. The summed E-state index contributed by atoms with van der Waals surface area (Å²) in [5.74, 6) is -0.336. The number of anilines is 3. The highest BCUT2D eigenvalue weighted by molar-refractivity contribution is 6.01. The number of pyridine rings is 1. The van der Waals surface area contributed by atoms with Gasteiger partial charge in [-0.1, -0.05) is 6.07 Å². The van der Waals surface area contributed by atoms with Crippen molar-refractivity contribution < 1.29 is 27.4 Å². The summed E-state index contributed by atoms with van der Waals surface area (Å²) < 4.78 is 47.1. The number of hydrogen-bond donors (Lipinski definition) is 2. The van der Waals surface area contributed by atoms with E-state index < -0.39 is 12.1 Å². The van der Waals surface area contributed by atoms with E-state index in [4.69, 9.17) is 4.74 Å². The fourth-order valence-corrected chi connectivity index (χ4v) is 2.92. The first-order chi connectivity index (χ1) is 14.7. The molecule has 1 amide bonds. The zero-order valence-electron chi connectivity index (χ0n) is 16.5. The van der Waals surface area contributed by atoms with Crippen LogP contribution < -0.4 is 20.1 Å². The highest BCUT2D eigenvalue weighted by atomic mass is 19.4. The second-order valence-electron chi connectivity index (χ2n) is 6.34. The van der Waals surface area contributed by atoms with E-state index in [2.05, 4.69) is 20.4 Å². The molecule has 7 nitrogen and oxygen atoms in total. The first-order valence-electron chi connectivity index (χ1n) is 9.10. The van der Waals surface area contributed by atoms with Crippen molar-refractivity contribution in [3.8, 4) is 17.6 Å². The Bertz CT molecular complexity index is 1170. The summed E-state index contributed by atoms with van der Waals surface area (Å²) >= 11 is 0. The smallest absolute Gasteiger partial charge is 0.492 e. The van der Waals surface area contributed by atoms with E-state index in [-0.39, 0.29) is 17.2 Å².